The van der Waals surface area contributed by atoms with E-state index in [0.717, 1.165) is 31.2 Å². The van der Waals surface area contributed by atoms with Crippen LogP contribution in [-0.4, -0.2) is 52.9 Å². The number of morpholine rings is 1. The predicted molar refractivity (Wildman–Crippen MR) is 68.1 cm³/mol. The van der Waals surface area contributed by atoms with Crippen molar-refractivity contribution in [3.05, 3.63) is 11.1 Å². The van der Waals surface area contributed by atoms with Crippen LogP contribution in [0.3, 0.4) is 0 Å². The van der Waals surface area contributed by atoms with E-state index in [1.165, 1.54) is 11.8 Å². The van der Waals surface area contributed by atoms with Crippen LogP contribution < -0.4 is 0 Å². The monoisotopic (exact) mass is 258 g/mol. The normalized spacial score (nSPS) is 24.7. The van der Waals surface area contributed by atoms with Gasteiger partial charge in [-0.05, 0) is 6.92 Å². The third-order valence-corrected chi connectivity index (χ3v) is 3.90. The van der Waals surface area contributed by atoms with Gasteiger partial charge in [0, 0.05) is 25.8 Å². The highest BCUT2D eigenvalue weighted by Crippen LogP contribution is 2.30. The van der Waals surface area contributed by atoms with Crippen LogP contribution in [0.1, 0.15) is 6.92 Å². The second-order valence-corrected chi connectivity index (χ2v) is 5.23. The van der Waals surface area contributed by atoms with Crippen LogP contribution in [0.2, 0.25) is 0 Å². The number of hydrogen-bond donors (Lipinski definition) is 0. The Bertz CT molecular complexity index is 338. The molecule has 0 bridgehead atoms. The molecule has 0 atom stereocenters. The third-order valence-electron chi connectivity index (χ3n) is 2.54. The number of thiocarbonyl (C=S) groups is 1. The molecular formula is C10H14N2O2S2. The molecule has 0 aromatic rings. The standard InChI is InChI=1S/C10H14N2O2S2/c1-2-12-9(13)8(16-10(12)15)7-11-3-5-14-6-4-11/h7H,2-6H2,1H3. The van der Waals surface area contributed by atoms with E-state index < -0.39 is 0 Å². The minimum absolute atomic E-state index is 0.0315. The van der Waals surface area contributed by atoms with Crippen LogP contribution in [0.15, 0.2) is 11.1 Å². The number of rotatable bonds is 2. The van der Waals surface area contributed by atoms with Gasteiger partial charge < -0.3 is 9.64 Å². The van der Waals surface area contributed by atoms with E-state index in [-0.39, 0.29) is 5.91 Å². The highest BCUT2D eigenvalue weighted by atomic mass is 32.2. The highest BCUT2D eigenvalue weighted by molar-refractivity contribution is 8.26. The Labute approximate surface area is 105 Å². The van der Waals surface area contributed by atoms with Crippen LogP contribution in [0, 0.1) is 0 Å². The SMILES string of the molecule is CCN1C(=O)C(=CN2CCOCC2)SC1=S. The Kier molecular flexibility index (Phi) is 3.83. The van der Waals surface area contributed by atoms with Crippen molar-refractivity contribution >= 4 is 34.2 Å². The van der Waals surface area contributed by atoms with Crippen molar-refractivity contribution in [2.75, 3.05) is 32.8 Å². The molecule has 0 N–H and O–H groups in total. The number of carbonyl (C=O) groups is 1. The maximum atomic E-state index is 11.9. The van der Waals surface area contributed by atoms with E-state index in [4.69, 9.17) is 17.0 Å². The van der Waals surface area contributed by atoms with Crippen molar-refractivity contribution in [1.82, 2.24) is 9.80 Å². The Balaban J connectivity index is 2.07. The van der Waals surface area contributed by atoms with E-state index in [1.54, 1.807) is 4.90 Å². The fraction of sp³-hybridized carbons (Fsp3) is 0.600. The zero-order chi connectivity index (χ0) is 11.5. The second kappa shape index (κ2) is 5.16. The van der Waals surface area contributed by atoms with Gasteiger partial charge in [-0.3, -0.25) is 9.69 Å². The lowest BCUT2D eigenvalue weighted by Gasteiger charge is -2.25. The van der Waals surface area contributed by atoms with Crippen LogP contribution in [0.5, 0.6) is 0 Å². The maximum absolute atomic E-state index is 11.9. The van der Waals surface area contributed by atoms with E-state index in [0.29, 0.717) is 10.9 Å². The van der Waals surface area contributed by atoms with Crippen molar-refractivity contribution in [3.63, 3.8) is 0 Å². The van der Waals surface area contributed by atoms with Crippen molar-refractivity contribution in [2.45, 2.75) is 6.92 Å². The molecule has 1 amide bonds. The number of amides is 1. The van der Waals surface area contributed by atoms with E-state index >= 15 is 0 Å². The van der Waals surface area contributed by atoms with Gasteiger partial charge in [0.2, 0.25) is 0 Å². The molecule has 88 valence electrons. The number of ether oxygens (including phenoxy) is 1. The van der Waals surface area contributed by atoms with E-state index in [2.05, 4.69) is 4.90 Å². The largest absolute Gasteiger partial charge is 0.378 e. The average Bonchev–Trinajstić information content (AvgIpc) is 2.55. The molecule has 16 heavy (non-hydrogen) atoms. The first kappa shape index (κ1) is 11.9. The Morgan fingerprint density at radius 2 is 2.19 bits per heavy atom. The Morgan fingerprint density at radius 1 is 1.50 bits per heavy atom. The lowest BCUT2D eigenvalue weighted by molar-refractivity contribution is -0.122. The molecule has 0 unspecified atom stereocenters. The van der Waals surface area contributed by atoms with Crippen molar-refractivity contribution in [3.8, 4) is 0 Å². The summed E-state index contributed by atoms with van der Waals surface area (Å²) < 4.78 is 5.91. The van der Waals surface area contributed by atoms with Gasteiger partial charge >= 0.3 is 0 Å². The van der Waals surface area contributed by atoms with Crippen molar-refractivity contribution in [2.24, 2.45) is 0 Å². The van der Waals surface area contributed by atoms with Gasteiger partial charge in [-0.2, -0.15) is 0 Å². The molecule has 0 radical (unpaired) electrons. The number of likely N-dealkylation sites (N-methyl/N-ethyl adjacent to an activating group) is 1. The lowest BCUT2D eigenvalue weighted by atomic mass is 10.4. The van der Waals surface area contributed by atoms with Crippen LogP contribution in [-0.2, 0) is 9.53 Å². The smallest absolute Gasteiger partial charge is 0.267 e. The summed E-state index contributed by atoms with van der Waals surface area (Å²) in [6.07, 6.45) is 1.91. The summed E-state index contributed by atoms with van der Waals surface area (Å²) in [4.78, 5) is 16.4. The second-order valence-electron chi connectivity index (χ2n) is 3.56. The van der Waals surface area contributed by atoms with Gasteiger partial charge in [0.1, 0.15) is 4.32 Å². The minimum Gasteiger partial charge on any atom is -0.378 e. The summed E-state index contributed by atoms with van der Waals surface area (Å²) in [5.41, 5.74) is 0. The number of hydrogen-bond acceptors (Lipinski definition) is 5. The molecular weight excluding hydrogens is 244 g/mol. The quantitative estimate of drug-likeness (QED) is 0.546. The number of nitrogens with zero attached hydrogens (tertiary/aromatic N) is 2. The Hall–Kier alpha value is -0.590. The number of thioether (sulfide) groups is 1. The molecule has 2 fully saturated rings. The molecule has 4 nitrogen and oxygen atoms in total. The maximum Gasteiger partial charge on any atom is 0.267 e. The van der Waals surface area contributed by atoms with Crippen molar-refractivity contribution < 1.29 is 9.53 Å². The van der Waals surface area contributed by atoms with Gasteiger partial charge in [-0.15, -0.1) is 0 Å². The summed E-state index contributed by atoms with van der Waals surface area (Å²) >= 11 is 6.53. The summed E-state index contributed by atoms with van der Waals surface area (Å²) in [7, 11) is 0. The zero-order valence-electron chi connectivity index (χ0n) is 9.14. The molecule has 2 heterocycles. The molecule has 2 saturated heterocycles. The molecule has 2 rings (SSSR count). The molecule has 0 aromatic heterocycles. The third kappa shape index (κ3) is 2.39. The molecule has 2 aliphatic rings. The number of carbonyl (C=O) groups excluding carboxylic acids is 1. The van der Waals surface area contributed by atoms with E-state index in [1.807, 2.05) is 13.1 Å². The van der Waals surface area contributed by atoms with Gasteiger partial charge in [0.25, 0.3) is 5.91 Å². The fourth-order valence-corrected chi connectivity index (χ4v) is 3.03. The first-order valence-corrected chi connectivity index (χ1v) is 6.52. The van der Waals surface area contributed by atoms with Gasteiger partial charge in [0.15, 0.2) is 0 Å². The van der Waals surface area contributed by atoms with Crippen LogP contribution in [0.4, 0.5) is 0 Å². The fourth-order valence-electron chi connectivity index (χ4n) is 1.64. The molecule has 6 heteroatoms. The summed E-state index contributed by atoms with van der Waals surface area (Å²) in [6.45, 7) is 5.72. The van der Waals surface area contributed by atoms with Crippen LogP contribution >= 0.6 is 24.0 Å². The highest BCUT2D eigenvalue weighted by Gasteiger charge is 2.31. The van der Waals surface area contributed by atoms with Crippen LogP contribution in [0.25, 0.3) is 0 Å². The topological polar surface area (TPSA) is 32.8 Å². The molecule has 0 saturated carbocycles. The molecule has 0 spiro atoms. The zero-order valence-corrected chi connectivity index (χ0v) is 10.8. The van der Waals surface area contributed by atoms with Gasteiger partial charge in [0.05, 0.1) is 18.1 Å². The Morgan fingerprint density at radius 3 is 2.75 bits per heavy atom. The van der Waals surface area contributed by atoms with Gasteiger partial charge in [-0.1, -0.05) is 24.0 Å². The molecule has 2 aliphatic heterocycles. The first-order chi connectivity index (χ1) is 7.72. The summed E-state index contributed by atoms with van der Waals surface area (Å²) in [6, 6.07) is 0. The predicted octanol–water partition coefficient (Wildman–Crippen LogP) is 1.04. The van der Waals surface area contributed by atoms with Crippen molar-refractivity contribution in [1.29, 1.82) is 0 Å². The first-order valence-electron chi connectivity index (χ1n) is 5.29. The lowest BCUT2D eigenvalue weighted by Crippen LogP contribution is -2.33. The molecule has 0 aliphatic carbocycles. The van der Waals surface area contributed by atoms with Gasteiger partial charge in [-0.25, -0.2) is 0 Å². The minimum atomic E-state index is 0.0315. The summed E-state index contributed by atoms with van der Waals surface area (Å²) in [5, 5.41) is 0. The van der Waals surface area contributed by atoms with E-state index in [9.17, 15) is 4.79 Å². The summed E-state index contributed by atoms with van der Waals surface area (Å²) in [5.74, 6) is 0.0315. The average molecular weight is 258 g/mol. The molecule has 0 aromatic carbocycles.